The number of hydrogen-bond donors (Lipinski definition) is 1. The molecule has 3 rings (SSSR count). The molecule has 115 valence electrons. The van der Waals surface area contributed by atoms with Gasteiger partial charge in [-0.3, -0.25) is 0 Å². The van der Waals surface area contributed by atoms with Crippen LogP contribution in [-0.2, 0) is 4.65 Å². The molecule has 2 N–H and O–H groups in total. The molecule has 0 amide bonds. The summed E-state index contributed by atoms with van der Waals surface area (Å²) in [4.78, 5) is 0. The first-order valence-corrected chi connectivity index (χ1v) is 8.04. The minimum Gasteiger partial charge on any atom is -0.493 e. The van der Waals surface area contributed by atoms with Gasteiger partial charge in [0.1, 0.15) is 19.4 Å². The predicted octanol–water partition coefficient (Wildman–Crippen LogP) is 2.65. The summed E-state index contributed by atoms with van der Waals surface area (Å²) in [7, 11) is 7.32. The molecule has 0 spiro atoms. The molecule has 22 heavy (non-hydrogen) atoms. The Morgan fingerprint density at radius 3 is 2.77 bits per heavy atom. The number of benzene rings is 1. The van der Waals surface area contributed by atoms with Gasteiger partial charge < -0.3 is 15.1 Å². The zero-order valence-electron chi connectivity index (χ0n) is 12.8. The lowest BCUT2D eigenvalue weighted by molar-refractivity contribution is 0.198. The van der Waals surface area contributed by atoms with Gasteiger partial charge in [0.05, 0.1) is 12.2 Å². The van der Waals surface area contributed by atoms with Crippen molar-refractivity contribution < 1.29 is 13.8 Å². The SMILES string of the molecule is [B]C1(N)CC(c2cc(F)cc(OCC3CCCCC3)c2)[B]O1. The van der Waals surface area contributed by atoms with Crippen LogP contribution in [-0.4, -0.2) is 27.6 Å². The van der Waals surface area contributed by atoms with Gasteiger partial charge in [-0.05, 0) is 48.7 Å². The maximum Gasteiger partial charge on any atom is 0.301 e. The number of halogens is 1. The first kappa shape index (κ1) is 15.9. The average molecular weight is 300 g/mol. The first-order valence-electron chi connectivity index (χ1n) is 8.04. The van der Waals surface area contributed by atoms with Crippen molar-refractivity contribution in [3.05, 3.63) is 29.6 Å². The highest BCUT2D eigenvalue weighted by Crippen LogP contribution is 2.33. The van der Waals surface area contributed by atoms with E-state index >= 15 is 0 Å². The molecule has 2 unspecified atom stereocenters. The Balaban J connectivity index is 1.64. The highest BCUT2D eigenvalue weighted by molar-refractivity contribution is 6.34. The van der Waals surface area contributed by atoms with Crippen LogP contribution in [0.15, 0.2) is 18.2 Å². The van der Waals surface area contributed by atoms with E-state index in [4.69, 9.17) is 23.0 Å². The van der Waals surface area contributed by atoms with Crippen LogP contribution in [0, 0.1) is 11.7 Å². The third-order valence-electron chi connectivity index (χ3n) is 4.52. The van der Waals surface area contributed by atoms with Gasteiger partial charge >= 0.3 is 7.48 Å². The Morgan fingerprint density at radius 1 is 1.32 bits per heavy atom. The maximum atomic E-state index is 13.8. The van der Waals surface area contributed by atoms with E-state index in [0.717, 1.165) is 5.56 Å². The third-order valence-corrected chi connectivity index (χ3v) is 4.52. The summed E-state index contributed by atoms with van der Waals surface area (Å²) in [5.41, 5.74) is 5.36. The molecule has 1 aromatic rings. The van der Waals surface area contributed by atoms with Crippen LogP contribution in [0.3, 0.4) is 0 Å². The topological polar surface area (TPSA) is 44.5 Å². The molecule has 1 saturated carbocycles. The fraction of sp³-hybridized carbons (Fsp3) is 0.625. The molecule has 0 bridgehead atoms. The van der Waals surface area contributed by atoms with Crippen LogP contribution in [0.2, 0.25) is 0 Å². The molecule has 1 saturated heterocycles. The van der Waals surface area contributed by atoms with Crippen LogP contribution in [0.4, 0.5) is 4.39 Å². The summed E-state index contributed by atoms with van der Waals surface area (Å²) in [6.07, 6.45) is 6.69. The highest BCUT2D eigenvalue weighted by Gasteiger charge is 2.34. The quantitative estimate of drug-likeness (QED) is 0.869. The van der Waals surface area contributed by atoms with E-state index in [2.05, 4.69) is 0 Å². The lowest BCUT2D eigenvalue weighted by Crippen LogP contribution is -2.39. The number of rotatable bonds is 4. The summed E-state index contributed by atoms with van der Waals surface area (Å²) in [6, 6.07) is 4.78. The molecule has 2 fully saturated rings. The van der Waals surface area contributed by atoms with Gasteiger partial charge in [0, 0.05) is 6.07 Å². The maximum absolute atomic E-state index is 13.8. The van der Waals surface area contributed by atoms with Crippen molar-refractivity contribution in [1.82, 2.24) is 0 Å². The highest BCUT2D eigenvalue weighted by atomic mass is 19.1. The zero-order valence-corrected chi connectivity index (χ0v) is 12.8. The van der Waals surface area contributed by atoms with E-state index in [-0.39, 0.29) is 11.6 Å². The number of ether oxygens (including phenoxy) is 1. The summed E-state index contributed by atoms with van der Waals surface area (Å²) in [5, 5.41) is 0. The monoisotopic (exact) mass is 300 g/mol. The molecule has 1 aliphatic carbocycles. The van der Waals surface area contributed by atoms with Crippen molar-refractivity contribution in [1.29, 1.82) is 0 Å². The number of nitrogens with two attached hydrogens (primary N) is 1. The van der Waals surface area contributed by atoms with Crippen molar-refractivity contribution in [2.45, 2.75) is 50.0 Å². The van der Waals surface area contributed by atoms with Crippen molar-refractivity contribution in [3.8, 4) is 5.75 Å². The lowest BCUT2D eigenvalue weighted by Gasteiger charge is -2.22. The third kappa shape index (κ3) is 4.05. The molecule has 1 aliphatic heterocycles. The van der Waals surface area contributed by atoms with Gasteiger partial charge in [-0.15, -0.1) is 0 Å². The molecule has 0 aromatic heterocycles. The van der Waals surface area contributed by atoms with Gasteiger partial charge in [0.2, 0.25) is 0 Å². The van der Waals surface area contributed by atoms with Crippen LogP contribution >= 0.6 is 0 Å². The molecule has 2 aliphatic rings. The molecule has 3 radical (unpaired) electrons. The summed E-state index contributed by atoms with van der Waals surface area (Å²) >= 11 is 0. The van der Waals surface area contributed by atoms with E-state index in [1.54, 1.807) is 7.48 Å². The fourth-order valence-corrected chi connectivity index (χ4v) is 3.29. The van der Waals surface area contributed by atoms with E-state index in [1.807, 2.05) is 6.07 Å². The van der Waals surface area contributed by atoms with Crippen molar-refractivity contribution in [2.75, 3.05) is 6.61 Å². The predicted molar refractivity (Wildman–Crippen MR) is 85.3 cm³/mol. The Labute approximate surface area is 133 Å². The van der Waals surface area contributed by atoms with Crippen molar-refractivity contribution in [3.63, 3.8) is 0 Å². The smallest absolute Gasteiger partial charge is 0.301 e. The normalized spacial score (nSPS) is 29.3. The van der Waals surface area contributed by atoms with E-state index in [1.165, 1.54) is 44.2 Å². The Hall–Kier alpha value is -1.00. The minimum atomic E-state index is -1.17. The summed E-state index contributed by atoms with van der Waals surface area (Å²) in [5.74, 6) is 0.738. The van der Waals surface area contributed by atoms with Crippen LogP contribution in [0.5, 0.6) is 5.75 Å². The molecule has 2 atom stereocenters. The Morgan fingerprint density at radius 2 is 2.09 bits per heavy atom. The molecule has 1 heterocycles. The van der Waals surface area contributed by atoms with Gasteiger partial charge in [-0.25, -0.2) is 4.39 Å². The molecular formula is C16H21B2FNO2. The van der Waals surface area contributed by atoms with Gasteiger partial charge in [-0.2, -0.15) is 0 Å². The lowest BCUT2D eigenvalue weighted by atomic mass is 9.72. The van der Waals surface area contributed by atoms with E-state index in [9.17, 15) is 4.39 Å². The summed E-state index contributed by atoms with van der Waals surface area (Å²) in [6.45, 7) is 0.658. The average Bonchev–Trinajstić information content (AvgIpc) is 2.86. The fourth-order valence-electron chi connectivity index (χ4n) is 3.29. The van der Waals surface area contributed by atoms with Gasteiger partial charge in [0.15, 0.2) is 0 Å². The second-order valence-electron chi connectivity index (χ2n) is 6.55. The Bertz CT molecular complexity index is 521. The van der Waals surface area contributed by atoms with Gasteiger partial charge in [-0.1, -0.05) is 19.3 Å². The van der Waals surface area contributed by atoms with Crippen molar-refractivity contribution >= 4 is 15.3 Å². The standard InChI is InChI=1S/C16H21B2FNO2/c17-16(20)9-15(18-22-16)12-6-13(19)8-14(7-12)21-10-11-4-2-1-3-5-11/h6-8,11,15H,1-5,9-10,20H2. The molecular weight excluding hydrogens is 279 g/mol. The summed E-state index contributed by atoms with van der Waals surface area (Å²) < 4.78 is 24.9. The van der Waals surface area contributed by atoms with Crippen LogP contribution < -0.4 is 10.5 Å². The molecule has 6 heteroatoms. The van der Waals surface area contributed by atoms with Gasteiger partial charge in [0.25, 0.3) is 0 Å². The Kier molecular flexibility index (Phi) is 4.79. The second kappa shape index (κ2) is 6.63. The van der Waals surface area contributed by atoms with E-state index in [0.29, 0.717) is 24.7 Å². The molecule has 3 nitrogen and oxygen atoms in total. The largest absolute Gasteiger partial charge is 0.493 e. The van der Waals surface area contributed by atoms with Crippen LogP contribution in [0.1, 0.15) is 49.9 Å². The number of hydrogen-bond acceptors (Lipinski definition) is 3. The van der Waals surface area contributed by atoms with E-state index < -0.39 is 5.62 Å². The molecule has 1 aromatic carbocycles. The second-order valence-corrected chi connectivity index (χ2v) is 6.55. The minimum absolute atomic E-state index is 0.109. The van der Waals surface area contributed by atoms with Crippen molar-refractivity contribution in [2.24, 2.45) is 11.7 Å². The zero-order chi connectivity index (χ0) is 15.6. The van der Waals surface area contributed by atoms with Crippen LogP contribution in [0.25, 0.3) is 0 Å². The first-order chi connectivity index (χ1) is 10.5.